The van der Waals surface area contributed by atoms with Crippen molar-refractivity contribution in [2.45, 2.75) is 6.92 Å². The highest BCUT2D eigenvalue weighted by atomic mass is 16.9. The quantitative estimate of drug-likeness (QED) is 0.337. The molecular formula is C6H12N4O3. The van der Waals surface area contributed by atoms with Crippen LogP contribution in [0.1, 0.15) is 6.92 Å². The second-order valence-corrected chi connectivity index (χ2v) is 2.60. The van der Waals surface area contributed by atoms with Crippen LogP contribution in [0.3, 0.4) is 0 Å². The van der Waals surface area contributed by atoms with Crippen LogP contribution in [0.5, 0.6) is 0 Å². The zero-order valence-corrected chi connectivity index (χ0v) is 7.48. The largest absolute Gasteiger partial charge is 0.366 e. The number of rotatable bonds is 0. The van der Waals surface area contributed by atoms with Gasteiger partial charge in [0.1, 0.15) is 12.2 Å². The first-order valence-corrected chi connectivity index (χ1v) is 3.50. The van der Waals surface area contributed by atoms with E-state index in [1.807, 2.05) is 25.1 Å². The molecule has 7 nitrogen and oxygen atoms in total. The Morgan fingerprint density at radius 1 is 1.69 bits per heavy atom. The van der Waals surface area contributed by atoms with Crippen LogP contribution >= 0.6 is 0 Å². The Hall–Kier alpha value is -1.79. The Balaban J connectivity index is 0.000000310. The molecule has 7 heteroatoms. The van der Waals surface area contributed by atoms with Gasteiger partial charge < -0.3 is 20.2 Å². The molecule has 0 aliphatic carbocycles. The maximum Gasteiger partial charge on any atom is 0.265 e. The zero-order valence-electron chi connectivity index (χ0n) is 7.48. The molecule has 0 bridgehead atoms. The summed E-state index contributed by atoms with van der Waals surface area (Å²) < 4.78 is 0. The van der Waals surface area contributed by atoms with Gasteiger partial charge in [0.15, 0.2) is 0 Å². The minimum Gasteiger partial charge on any atom is -0.366 e. The lowest BCUT2D eigenvalue weighted by Crippen LogP contribution is -2.76. The lowest BCUT2D eigenvalue weighted by molar-refractivity contribution is -0.403. The van der Waals surface area contributed by atoms with E-state index >= 15 is 0 Å². The van der Waals surface area contributed by atoms with E-state index in [0.29, 0.717) is 0 Å². The smallest absolute Gasteiger partial charge is 0.265 e. The Labute approximate surface area is 75.3 Å². The first-order chi connectivity index (χ1) is 5.91. The molecule has 0 aromatic rings. The van der Waals surface area contributed by atoms with E-state index < -0.39 is 5.09 Å². The molecule has 74 valence electrons. The third kappa shape index (κ3) is 6.60. The van der Waals surface area contributed by atoms with Crippen LogP contribution in [0.15, 0.2) is 11.9 Å². The molecule has 13 heavy (non-hydrogen) atoms. The molecule has 1 rings (SSSR count). The number of nitrogens with zero attached hydrogens (tertiary/aromatic N) is 2. The fourth-order valence-electron chi connectivity index (χ4n) is 0.970. The fraction of sp³-hybridized carbons (Fsp3) is 0.500. The summed E-state index contributed by atoms with van der Waals surface area (Å²) in [6, 6.07) is 0. The van der Waals surface area contributed by atoms with E-state index in [1.165, 1.54) is 0 Å². The lowest BCUT2D eigenvalue weighted by Gasteiger charge is -2.14. The average molecular weight is 188 g/mol. The molecule has 3 N–H and O–H groups in total. The van der Waals surface area contributed by atoms with Gasteiger partial charge in [0.25, 0.3) is 5.84 Å². The summed E-state index contributed by atoms with van der Waals surface area (Å²) >= 11 is 0. The van der Waals surface area contributed by atoms with Crippen molar-refractivity contribution in [1.82, 2.24) is 4.90 Å². The second kappa shape index (κ2) is 4.96. The highest BCUT2D eigenvalue weighted by Crippen LogP contribution is 1.87. The van der Waals surface area contributed by atoms with Gasteiger partial charge >= 0.3 is 0 Å². The molecule has 0 aromatic carbocycles. The van der Waals surface area contributed by atoms with E-state index in [2.05, 4.69) is 4.99 Å². The van der Waals surface area contributed by atoms with Crippen LogP contribution in [0.4, 0.5) is 0 Å². The zero-order chi connectivity index (χ0) is 10.4. The van der Waals surface area contributed by atoms with Crippen LogP contribution < -0.4 is 10.7 Å². The Bertz CT molecular complexity index is 244. The Kier molecular flexibility index (Phi) is 4.28. The topological polar surface area (TPSA) is 109 Å². The van der Waals surface area contributed by atoms with Gasteiger partial charge in [-0.1, -0.05) is 0 Å². The van der Waals surface area contributed by atoms with Crippen LogP contribution in [-0.4, -0.2) is 29.4 Å². The number of likely N-dealkylation sites (N-methyl/N-ethyl adjacent to an activating group) is 1. The molecule has 0 aromatic heterocycles. The van der Waals surface area contributed by atoms with Gasteiger partial charge in [-0.2, -0.15) is 0 Å². The summed E-state index contributed by atoms with van der Waals surface area (Å²) in [5.41, 5.74) is 6.64. The SMILES string of the molecule is CC1=CN(C)CC(N)=[NH+]1.O=[N+]([O-])[O-]. The number of hydrogen-bond donors (Lipinski definition) is 2. The molecule has 0 spiro atoms. The lowest BCUT2D eigenvalue weighted by atomic mass is 10.4. The van der Waals surface area contributed by atoms with E-state index in [9.17, 15) is 0 Å². The van der Waals surface area contributed by atoms with Gasteiger partial charge in [0.2, 0.25) is 0 Å². The maximum absolute atomic E-state index is 8.25. The molecule has 1 aliphatic rings. The summed E-state index contributed by atoms with van der Waals surface area (Å²) in [6.45, 7) is 2.79. The van der Waals surface area contributed by atoms with Gasteiger partial charge in [-0.05, 0) is 6.92 Å². The fourth-order valence-corrected chi connectivity index (χ4v) is 0.970. The van der Waals surface area contributed by atoms with E-state index in [-0.39, 0.29) is 0 Å². The number of amidine groups is 1. The van der Waals surface area contributed by atoms with Crippen molar-refractivity contribution >= 4 is 5.84 Å². The second-order valence-electron chi connectivity index (χ2n) is 2.60. The molecule has 1 aliphatic heterocycles. The standard InChI is InChI=1S/C6H11N3.NO3/c1-5-3-9(2)4-6(7)8-5;2-1(3)4/h3H,4H2,1-2H3,(H2,7,8);/q;-1/p+1. The molecule has 1 heterocycles. The predicted octanol–water partition coefficient (Wildman–Crippen LogP) is -2.01. The summed E-state index contributed by atoms with van der Waals surface area (Å²) in [5.74, 6) is 0.817. The molecule has 0 atom stereocenters. The molecular weight excluding hydrogens is 176 g/mol. The molecule has 0 amide bonds. The van der Waals surface area contributed by atoms with Crippen molar-refractivity contribution in [1.29, 1.82) is 0 Å². The summed E-state index contributed by atoms with van der Waals surface area (Å²) in [4.78, 5) is 13.3. The van der Waals surface area contributed by atoms with Crippen molar-refractivity contribution < 1.29 is 10.1 Å². The van der Waals surface area contributed by atoms with Crippen LogP contribution in [-0.2, 0) is 0 Å². The third-order valence-electron chi connectivity index (χ3n) is 1.19. The highest BCUT2D eigenvalue weighted by Gasteiger charge is 2.07. The predicted molar refractivity (Wildman–Crippen MR) is 46.9 cm³/mol. The first kappa shape index (κ1) is 11.2. The Morgan fingerprint density at radius 2 is 2.15 bits per heavy atom. The van der Waals surface area contributed by atoms with Crippen molar-refractivity contribution in [2.24, 2.45) is 5.73 Å². The van der Waals surface area contributed by atoms with Crippen molar-refractivity contribution in [2.75, 3.05) is 13.6 Å². The average Bonchev–Trinajstić information content (AvgIpc) is 1.80. The molecule has 0 radical (unpaired) electrons. The molecule has 0 saturated carbocycles. The summed E-state index contributed by atoms with van der Waals surface area (Å²) in [6.07, 6.45) is 2.02. The minimum absolute atomic E-state index is 0.803. The normalized spacial score (nSPS) is 15.1. The number of hydrogen-bond acceptors (Lipinski definition) is 5. The van der Waals surface area contributed by atoms with Crippen LogP contribution in [0, 0.1) is 15.3 Å². The van der Waals surface area contributed by atoms with Crippen LogP contribution in [0.25, 0.3) is 0 Å². The van der Waals surface area contributed by atoms with E-state index in [4.69, 9.17) is 21.1 Å². The summed E-state index contributed by atoms with van der Waals surface area (Å²) in [5, 5.41) is 14.8. The number of nitrogens with two attached hydrogens (primary N) is 1. The molecule has 0 saturated heterocycles. The Morgan fingerprint density at radius 3 is 2.46 bits per heavy atom. The number of nitrogens with one attached hydrogen (secondary N) is 1. The van der Waals surface area contributed by atoms with Gasteiger partial charge in [0.05, 0.1) is 5.09 Å². The maximum atomic E-state index is 8.25. The van der Waals surface area contributed by atoms with E-state index in [0.717, 1.165) is 18.1 Å². The highest BCUT2D eigenvalue weighted by molar-refractivity contribution is 5.77. The van der Waals surface area contributed by atoms with Crippen molar-refractivity contribution in [3.63, 3.8) is 0 Å². The third-order valence-corrected chi connectivity index (χ3v) is 1.19. The van der Waals surface area contributed by atoms with Gasteiger partial charge in [0, 0.05) is 13.2 Å². The summed E-state index contributed by atoms with van der Waals surface area (Å²) in [7, 11) is 2.00. The van der Waals surface area contributed by atoms with Gasteiger partial charge in [-0.25, -0.2) is 4.99 Å². The number of allylic oxidation sites excluding steroid dienone is 1. The molecule has 0 unspecified atom stereocenters. The van der Waals surface area contributed by atoms with Crippen molar-refractivity contribution in [3.05, 3.63) is 27.2 Å². The van der Waals surface area contributed by atoms with Gasteiger partial charge in [-0.15, -0.1) is 0 Å². The molecule has 0 fully saturated rings. The van der Waals surface area contributed by atoms with E-state index in [1.54, 1.807) is 0 Å². The first-order valence-electron chi connectivity index (χ1n) is 3.50. The van der Waals surface area contributed by atoms with Crippen molar-refractivity contribution in [3.8, 4) is 0 Å². The van der Waals surface area contributed by atoms with Crippen LogP contribution in [0.2, 0.25) is 0 Å². The minimum atomic E-state index is -1.75. The van der Waals surface area contributed by atoms with Gasteiger partial charge in [-0.3, -0.25) is 5.73 Å². The monoisotopic (exact) mass is 188 g/mol.